The fraction of sp³-hybridized carbons (Fsp3) is 0.909. The predicted octanol–water partition coefficient (Wildman–Crippen LogP) is 1.23. The van der Waals surface area contributed by atoms with Crippen LogP contribution in [0.25, 0.3) is 0 Å². The van der Waals surface area contributed by atoms with Gasteiger partial charge < -0.3 is 10.6 Å². The van der Waals surface area contributed by atoms with Crippen molar-refractivity contribution in [2.24, 2.45) is 17.6 Å². The molecular formula is C11H22N2O. The first-order valence-corrected chi connectivity index (χ1v) is 5.61. The van der Waals surface area contributed by atoms with E-state index in [1.54, 1.807) is 0 Å². The van der Waals surface area contributed by atoms with E-state index in [4.69, 9.17) is 5.73 Å². The van der Waals surface area contributed by atoms with Crippen molar-refractivity contribution >= 4 is 5.91 Å². The topological polar surface area (TPSA) is 46.3 Å². The van der Waals surface area contributed by atoms with Crippen LogP contribution in [0.4, 0.5) is 0 Å². The van der Waals surface area contributed by atoms with E-state index in [1.165, 1.54) is 6.42 Å². The minimum absolute atomic E-state index is 0.0934. The third-order valence-electron chi connectivity index (χ3n) is 2.93. The van der Waals surface area contributed by atoms with Gasteiger partial charge in [0.25, 0.3) is 0 Å². The molecule has 0 unspecified atom stereocenters. The van der Waals surface area contributed by atoms with Gasteiger partial charge in [0.15, 0.2) is 0 Å². The summed E-state index contributed by atoms with van der Waals surface area (Å²) in [4.78, 5) is 13.4. The lowest BCUT2D eigenvalue weighted by molar-refractivity contribution is -0.123. The lowest BCUT2D eigenvalue weighted by Crippen LogP contribution is -2.41. The van der Waals surface area contributed by atoms with Gasteiger partial charge in [-0.05, 0) is 38.3 Å². The van der Waals surface area contributed by atoms with Crippen molar-refractivity contribution in [3.8, 4) is 0 Å². The quantitative estimate of drug-likeness (QED) is 0.738. The van der Waals surface area contributed by atoms with Gasteiger partial charge in [-0.3, -0.25) is 4.79 Å². The normalized spacial score (nSPS) is 24.1. The highest BCUT2D eigenvalue weighted by Crippen LogP contribution is 2.16. The van der Waals surface area contributed by atoms with E-state index in [0.29, 0.717) is 0 Å². The summed E-state index contributed by atoms with van der Waals surface area (Å²) in [5.74, 6) is 0.708. The summed E-state index contributed by atoms with van der Waals surface area (Å²) in [7, 11) is 0. The number of carbonyl (C=O) groups is 1. The van der Waals surface area contributed by atoms with Gasteiger partial charge in [-0.25, -0.2) is 0 Å². The maximum Gasteiger partial charge on any atom is 0.221 e. The van der Waals surface area contributed by atoms with Crippen LogP contribution in [0, 0.1) is 11.8 Å². The third-order valence-corrected chi connectivity index (χ3v) is 2.93. The zero-order chi connectivity index (χ0) is 10.6. The number of nitrogens with zero attached hydrogens (tertiary/aromatic N) is 1. The molecule has 2 N–H and O–H groups in total. The molecule has 1 aliphatic rings. The number of rotatable bonds is 4. The van der Waals surface area contributed by atoms with Gasteiger partial charge in [-0.2, -0.15) is 0 Å². The molecule has 1 atom stereocenters. The van der Waals surface area contributed by atoms with Crippen LogP contribution in [0.2, 0.25) is 0 Å². The Labute approximate surface area is 86.6 Å². The fourth-order valence-corrected chi connectivity index (χ4v) is 1.93. The molecule has 0 saturated carbocycles. The lowest BCUT2D eigenvalue weighted by Gasteiger charge is -2.31. The van der Waals surface area contributed by atoms with Gasteiger partial charge in [0.2, 0.25) is 5.91 Å². The van der Waals surface area contributed by atoms with Crippen LogP contribution in [-0.2, 0) is 4.79 Å². The molecule has 1 aliphatic heterocycles. The summed E-state index contributed by atoms with van der Waals surface area (Å²) in [5, 5.41) is 0. The Kier molecular flexibility index (Phi) is 4.39. The summed E-state index contributed by atoms with van der Waals surface area (Å²) in [6, 6.07) is 0. The average molecular weight is 198 g/mol. The molecule has 1 rings (SSSR count). The van der Waals surface area contributed by atoms with Crippen molar-refractivity contribution in [1.29, 1.82) is 0 Å². The van der Waals surface area contributed by atoms with Crippen molar-refractivity contribution in [3.05, 3.63) is 0 Å². The van der Waals surface area contributed by atoms with Crippen LogP contribution >= 0.6 is 0 Å². The SMILES string of the molecule is CC(C)CCN1CCC[C@@H](C(N)=O)C1. The average Bonchev–Trinajstić information content (AvgIpc) is 2.15. The molecule has 82 valence electrons. The van der Waals surface area contributed by atoms with E-state index >= 15 is 0 Å². The molecule has 14 heavy (non-hydrogen) atoms. The van der Waals surface area contributed by atoms with Crippen molar-refractivity contribution in [3.63, 3.8) is 0 Å². The standard InChI is InChI=1S/C11H22N2O/c1-9(2)5-7-13-6-3-4-10(8-13)11(12)14/h9-10H,3-8H2,1-2H3,(H2,12,14)/t10-/m1/s1. The molecule has 1 fully saturated rings. The van der Waals surface area contributed by atoms with Gasteiger partial charge in [0, 0.05) is 6.54 Å². The van der Waals surface area contributed by atoms with E-state index in [1.807, 2.05) is 0 Å². The molecule has 0 aliphatic carbocycles. The van der Waals surface area contributed by atoms with Crippen LogP contribution < -0.4 is 5.73 Å². The highest BCUT2D eigenvalue weighted by Gasteiger charge is 2.23. The van der Waals surface area contributed by atoms with Crippen LogP contribution in [0.1, 0.15) is 33.1 Å². The number of piperidine rings is 1. The Hall–Kier alpha value is -0.570. The van der Waals surface area contributed by atoms with E-state index < -0.39 is 0 Å². The monoisotopic (exact) mass is 198 g/mol. The maximum absolute atomic E-state index is 11.0. The zero-order valence-corrected chi connectivity index (χ0v) is 9.33. The molecule has 0 radical (unpaired) electrons. The number of hydrogen-bond acceptors (Lipinski definition) is 2. The van der Waals surface area contributed by atoms with Gasteiger partial charge in [-0.1, -0.05) is 13.8 Å². The lowest BCUT2D eigenvalue weighted by atomic mass is 9.97. The number of nitrogens with two attached hydrogens (primary N) is 1. The smallest absolute Gasteiger partial charge is 0.221 e. The van der Waals surface area contributed by atoms with Crippen molar-refractivity contribution in [2.75, 3.05) is 19.6 Å². The summed E-state index contributed by atoms with van der Waals surface area (Å²) in [5.41, 5.74) is 5.32. The molecule has 0 aromatic carbocycles. The second kappa shape index (κ2) is 5.35. The molecule has 0 aromatic rings. The Morgan fingerprint density at radius 3 is 2.86 bits per heavy atom. The van der Waals surface area contributed by atoms with Gasteiger partial charge in [0.1, 0.15) is 0 Å². The fourth-order valence-electron chi connectivity index (χ4n) is 1.93. The van der Waals surface area contributed by atoms with Crippen molar-refractivity contribution < 1.29 is 4.79 Å². The molecule has 1 amide bonds. The summed E-state index contributed by atoms with van der Waals surface area (Å²) in [6.07, 6.45) is 3.31. The van der Waals surface area contributed by atoms with E-state index in [-0.39, 0.29) is 11.8 Å². The van der Waals surface area contributed by atoms with E-state index in [9.17, 15) is 4.79 Å². The molecule has 0 bridgehead atoms. The van der Waals surface area contributed by atoms with Gasteiger partial charge >= 0.3 is 0 Å². The molecule has 3 heteroatoms. The predicted molar refractivity (Wildman–Crippen MR) is 57.8 cm³/mol. The second-order valence-electron chi connectivity index (χ2n) is 4.72. The summed E-state index contributed by atoms with van der Waals surface area (Å²) in [6.45, 7) is 7.59. The van der Waals surface area contributed by atoms with Crippen LogP contribution in [-0.4, -0.2) is 30.4 Å². The molecule has 1 heterocycles. The largest absolute Gasteiger partial charge is 0.369 e. The molecule has 0 aromatic heterocycles. The van der Waals surface area contributed by atoms with Crippen LogP contribution in [0.5, 0.6) is 0 Å². The van der Waals surface area contributed by atoms with Crippen molar-refractivity contribution in [2.45, 2.75) is 33.1 Å². The Balaban J connectivity index is 2.29. The Bertz CT molecular complexity index is 192. The summed E-state index contributed by atoms with van der Waals surface area (Å²) < 4.78 is 0. The maximum atomic E-state index is 11.0. The minimum Gasteiger partial charge on any atom is -0.369 e. The molecule has 0 spiro atoms. The zero-order valence-electron chi connectivity index (χ0n) is 9.33. The van der Waals surface area contributed by atoms with Gasteiger partial charge in [0.05, 0.1) is 5.92 Å². The first-order valence-electron chi connectivity index (χ1n) is 5.61. The molecule has 3 nitrogen and oxygen atoms in total. The number of amides is 1. The van der Waals surface area contributed by atoms with Crippen LogP contribution in [0.3, 0.4) is 0 Å². The van der Waals surface area contributed by atoms with E-state index in [2.05, 4.69) is 18.7 Å². The molecule has 1 saturated heterocycles. The summed E-state index contributed by atoms with van der Waals surface area (Å²) >= 11 is 0. The first-order chi connectivity index (χ1) is 6.59. The third kappa shape index (κ3) is 3.66. The minimum atomic E-state index is -0.126. The van der Waals surface area contributed by atoms with Crippen molar-refractivity contribution in [1.82, 2.24) is 4.90 Å². The number of likely N-dealkylation sites (tertiary alicyclic amines) is 1. The number of primary amides is 1. The number of carbonyl (C=O) groups excluding carboxylic acids is 1. The first kappa shape index (κ1) is 11.5. The number of hydrogen-bond donors (Lipinski definition) is 1. The Morgan fingerprint density at radius 1 is 1.57 bits per heavy atom. The van der Waals surface area contributed by atoms with Gasteiger partial charge in [-0.15, -0.1) is 0 Å². The highest BCUT2D eigenvalue weighted by atomic mass is 16.1. The molecular weight excluding hydrogens is 176 g/mol. The Morgan fingerprint density at radius 2 is 2.29 bits per heavy atom. The van der Waals surface area contributed by atoms with E-state index in [0.717, 1.165) is 38.4 Å². The second-order valence-corrected chi connectivity index (χ2v) is 4.72. The van der Waals surface area contributed by atoms with Crippen LogP contribution in [0.15, 0.2) is 0 Å². The highest BCUT2D eigenvalue weighted by molar-refractivity contribution is 5.76.